The molecule has 1 N–H and O–H groups in total. The molecule has 15 heavy (non-hydrogen) atoms. The summed E-state index contributed by atoms with van der Waals surface area (Å²) in [7, 11) is 0. The molecule has 4 heteroatoms. The molecule has 0 aliphatic carbocycles. The second-order valence-corrected chi connectivity index (χ2v) is 3.70. The van der Waals surface area contributed by atoms with Gasteiger partial charge in [-0.25, -0.2) is 4.79 Å². The number of aldehydes is 1. The van der Waals surface area contributed by atoms with Crippen LogP contribution in [-0.4, -0.2) is 23.0 Å². The van der Waals surface area contributed by atoms with E-state index in [1.54, 1.807) is 6.07 Å². The minimum Gasteiger partial charge on any atom is -0.478 e. The molecule has 4 nitrogen and oxygen atoms in total. The number of carboxylic acid groups (broad SMARTS) is 1. The highest BCUT2D eigenvalue weighted by Crippen LogP contribution is 2.34. The fraction of sp³-hybridized carbons (Fsp3) is 0.273. The number of fused-ring (bicyclic) bond motifs is 1. The van der Waals surface area contributed by atoms with E-state index < -0.39 is 11.6 Å². The monoisotopic (exact) mass is 206 g/mol. The van der Waals surface area contributed by atoms with Crippen LogP contribution in [0.3, 0.4) is 0 Å². The van der Waals surface area contributed by atoms with Crippen molar-refractivity contribution in [1.82, 2.24) is 0 Å². The van der Waals surface area contributed by atoms with E-state index in [9.17, 15) is 9.59 Å². The summed E-state index contributed by atoms with van der Waals surface area (Å²) in [6.07, 6.45) is 0.452. The van der Waals surface area contributed by atoms with Crippen molar-refractivity contribution in [3.05, 3.63) is 29.3 Å². The highest BCUT2D eigenvalue weighted by Gasteiger charge is 2.46. The van der Waals surface area contributed by atoms with Gasteiger partial charge >= 0.3 is 5.97 Å². The van der Waals surface area contributed by atoms with Gasteiger partial charge in [0.25, 0.3) is 5.60 Å². The molecule has 1 unspecified atom stereocenters. The maximum absolute atomic E-state index is 11.0. The smallest absolute Gasteiger partial charge is 0.356 e. The molecule has 0 spiro atoms. The lowest BCUT2D eigenvalue weighted by atomic mass is 9.98. The Morgan fingerprint density at radius 2 is 2.33 bits per heavy atom. The third-order valence-corrected chi connectivity index (χ3v) is 2.51. The molecule has 78 valence electrons. The van der Waals surface area contributed by atoms with Crippen LogP contribution in [0.15, 0.2) is 18.2 Å². The Morgan fingerprint density at radius 1 is 1.60 bits per heavy atom. The molecule has 2 rings (SSSR count). The largest absolute Gasteiger partial charge is 0.478 e. The van der Waals surface area contributed by atoms with Gasteiger partial charge in [0.2, 0.25) is 0 Å². The van der Waals surface area contributed by atoms with Gasteiger partial charge in [0.05, 0.1) is 0 Å². The summed E-state index contributed by atoms with van der Waals surface area (Å²) in [6, 6.07) is 5.35. The van der Waals surface area contributed by atoms with Crippen LogP contribution in [-0.2, 0) is 16.0 Å². The van der Waals surface area contributed by atoms with E-state index in [2.05, 4.69) is 0 Å². The van der Waals surface area contributed by atoms with Gasteiger partial charge in [-0.05, 0) is 18.6 Å². The molecule has 0 fully saturated rings. The Balaban J connectivity index is 2.43. The molecule has 1 heterocycles. The summed E-state index contributed by atoms with van der Waals surface area (Å²) in [5, 5.41) is 8.95. The summed E-state index contributed by atoms with van der Waals surface area (Å²) >= 11 is 0. The van der Waals surface area contributed by atoms with Gasteiger partial charge in [-0.1, -0.05) is 17.7 Å². The van der Waals surface area contributed by atoms with E-state index in [0.717, 1.165) is 11.1 Å². The van der Waals surface area contributed by atoms with E-state index in [4.69, 9.17) is 9.84 Å². The summed E-state index contributed by atoms with van der Waals surface area (Å²) in [5.41, 5.74) is 0.0600. The molecular weight excluding hydrogens is 196 g/mol. The first kappa shape index (κ1) is 9.71. The molecule has 1 aromatic rings. The topological polar surface area (TPSA) is 63.6 Å². The fourth-order valence-corrected chi connectivity index (χ4v) is 1.70. The summed E-state index contributed by atoms with van der Waals surface area (Å²) in [4.78, 5) is 21.8. The lowest BCUT2D eigenvalue weighted by Crippen LogP contribution is -2.45. The summed E-state index contributed by atoms with van der Waals surface area (Å²) in [5.74, 6) is -0.763. The number of carboxylic acids is 1. The van der Waals surface area contributed by atoms with Gasteiger partial charge in [0, 0.05) is 6.42 Å². The van der Waals surface area contributed by atoms with Gasteiger partial charge in [0.15, 0.2) is 6.29 Å². The average Bonchev–Trinajstić information content (AvgIpc) is 2.56. The zero-order valence-corrected chi connectivity index (χ0v) is 8.19. The van der Waals surface area contributed by atoms with Crippen LogP contribution >= 0.6 is 0 Å². The molecule has 1 aromatic carbocycles. The van der Waals surface area contributed by atoms with Gasteiger partial charge < -0.3 is 9.84 Å². The zero-order chi connectivity index (χ0) is 11.1. The molecule has 0 amide bonds. The molecule has 0 bridgehead atoms. The Labute approximate surface area is 86.5 Å². The number of carbonyl (C=O) groups is 2. The quantitative estimate of drug-likeness (QED) is 0.578. The van der Waals surface area contributed by atoms with Gasteiger partial charge in [-0.15, -0.1) is 0 Å². The van der Waals surface area contributed by atoms with E-state index in [1.807, 2.05) is 19.1 Å². The van der Waals surface area contributed by atoms with Crippen LogP contribution in [0.5, 0.6) is 5.75 Å². The van der Waals surface area contributed by atoms with Crippen molar-refractivity contribution in [3.63, 3.8) is 0 Å². The highest BCUT2D eigenvalue weighted by molar-refractivity contribution is 5.97. The van der Waals surface area contributed by atoms with Crippen LogP contribution in [0.2, 0.25) is 0 Å². The van der Waals surface area contributed by atoms with Crippen LogP contribution in [0.25, 0.3) is 0 Å². The molecule has 1 aliphatic heterocycles. The maximum atomic E-state index is 11.0. The number of rotatable bonds is 2. The number of benzene rings is 1. The van der Waals surface area contributed by atoms with Crippen molar-refractivity contribution in [1.29, 1.82) is 0 Å². The SMILES string of the molecule is Cc1ccc2c(c1)CC(C=O)(C(=O)O)O2. The lowest BCUT2D eigenvalue weighted by molar-refractivity contribution is -0.155. The zero-order valence-electron chi connectivity index (χ0n) is 8.19. The Bertz CT molecular complexity index is 438. The normalized spacial score (nSPS) is 23.0. The van der Waals surface area contributed by atoms with Crippen molar-refractivity contribution in [2.45, 2.75) is 18.9 Å². The van der Waals surface area contributed by atoms with Gasteiger partial charge in [0.1, 0.15) is 5.75 Å². The molecule has 1 atom stereocenters. The second kappa shape index (κ2) is 3.08. The first-order chi connectivity index (χ1) is 7.07. The van der Waals surface area contributed by atoms with Crippen LogP contribution in [0.1, 0.15) is 11.1 Å². The standard InChI is InChI=1S/C11H10O4/c1-7-2-3-9-8(4-7)5-11(6-12,15-9)10(13)14/h2-4,6H,5H2,1H3,(H,13,14). The maximum Gasteiger partial charge on any atom is 0.356 e. The van der Waals surface area contributed by atoms with Crippen LogP contribution in [0, 0.1) is 6.92 Å². The molecular formula is C11H10O4. The van der Waals surface area contributed by atoms with E-state index in [1.165, 1.54) is 0 Å². The molecule has 0 saturated carbocycles. The first-order valence-corrected chi connectivity index (χ1v) is 4.56. The second-order valence-electron chi connectivity index (χ2n) is 3.70. The van der Waals surface area contributed by atoms with Crippen molar-refractivity contribution in [2.75, 3.05) is 0 Å². The predicted molar refractivity (Wildman–Crippen MR) is 51.9 cm³/mol. The van der Waals surface area contributed by atoms with Crippen molar-refractivity contribution >= 4 is 12.3 Å². The van der Waals surface area contributed by atoms with Gasteiger partial charge in [-0.3, -0.25) is 4.79 Å². The average molecular weight is 206 g/mol. The van der Waals surface area contributed by atoms with E-state index in [-0.39, 0.29) is 6.42 Å². The predicted octanol–water partition coefficient (Wildman–Crippen LogP) is 0.952. The van der Waals surface area contributed by atoms with Crippen molar-refractivity contribution in [3.8, 4) is 5.75 Å². The Hall–Kier alpha value is -1.84. The third-order valence-electron chi connectivity index (χ3n) is 2.51. The number of hydrogen-bond acceptors (Lipinski definition) is 3. The third kappa shape index (κ3) is 1.38. The molecule has 0 radical (unpaired) electrons. The molecule has 1 aliphatic rings. The minimum atomic E-state index is -1.73. The Morgan fingerprint density at radius 3 is 2.93 bits per heavy atom. The number of hydrogen-bond donors (Lipinski definition) is 1. The summed E-state index contributed by atoms with van der Waals surface area (Å²) in [6.45, 7) is 1.90. The molecule has 0 saturated heterocycles. The fourth-order valence-electron chi connectivity index (χ4n) is 1.70. The van der Waals surface area contributed by atoms with Crippen LogP contribution < -0.4 is 4.74 Å². The van der Waals surface area contributed by atoms with Crippen molar-refractivity contribution in [2.24, 2.45) is 0 Å². The molecule has 0 aromatic heterocycles. The van der Waals surface area contributed by atoms with Crippen molar-refractivity contribution < 1.29 is 19.4 Å². The number of ether oxygens (including phenoxy) is 1. The number of aliphatic carboxylic acids is 1. The first-order valence-electron chi connectivity index (χ1n) is 4.56. The Kier molecular flexibility index (Phi) is 2.00. The van der Waals surface area contributed by atoms with E-state index in [0.29, 0.717) is 12.0 Å². The highest BCUT2D eigenvalue weighted by atomic mass is 16.5. The summed E-state index contributed by atoms with van der Waals surface area (Å²) < 4.78 is 5.19. The lowest BCUT2D eigenvalue weighted by Gasteiger charge is -2.15. The minimum absolute atomic E-state index is 0.100. The number of aryl methyl sites for hydroxylation is 1. The van der Waals surface area contributed by atoms with E-state index >= 15 is 0 Å². The van der Waals surface area contributed by atoms with Crippen LogP contribution in [0.4, 0.5) is 0 Å². The van der Waals surface area contributed by atoms with Gasteiger partial charge in [-0.2, -0.15) is 0 Å². The number of carbonyl (C=O) groups excluding carboxylic acids is 1.